The monoisotopic (exact) mass is 556 g/mol. The zero-order valence-electron chi connectivity index (χ0n) is 24.3. The van der Waals surface area contributed by atoms with Crippen LogP contribution in [0.25, 0.3) is 0 Å². The van der Waals surface area contributed by atoms with Crippen LogP contribution in [0.1, 0.15) is 109 Å². The fraction of sp³-hybridized carbons (Fsp3) is 0.767. The Balaban J connectivity index is 2.39. The third-order valence-corrected chi connectivity index (χ3v) is 7.18. The molecule has 0 aliphatic carbocycles. The summed E-state index contributed by atoms with van der Waals surface area (Å²) >= 11 is 0. The van der Waals surface area contributed by atoms with Crippen molar-refractivity contribution in [2.24, 2.45) is 0 Å². The summed E-state index contributed by atoms with van der Waals surface area (Å²) in [5.41, 5.74) is 0.966. The highest BCUT2D eigenvalue weighted by Crippen LogP contribution is 2.33. The summed E-state index contributed by atoms with van der Waals surface area (Å²) in [6, 6.07) is 7.88. The van der Waals surface area contributed by atoms with E-state index in [1.807, 2.05) is 43.6 Å². The van der Waals surface area contributed by atoms with E-state index >= 15 is 0 Å². The molecule has 7 nitrogen and oxygen atoms in total. The normalized spacial score (nSPS) is 12.8. The molecule has 3 N–H and O–H groups in total. The fourth-order valence-electron chi connectivity index (χ4n) is 4.20. The lowest BCUT2D eigenvalue weighted by molar-refractivity contribution is -0.627. The molecule has 0 bridgehead atoms. The standard InChI is InChI=1S/C30H54NO6P/c1-4-6-7-8-9-10-11-12-13-14-15-18-23-34-29-21-17-16-20-27(29)25-28(37-30(32)19-5-2)26-36-38(33)35-24-22-31-3/h16-17,20-21,28,31,33H,4-15,18-19,22-26H2,1-3H3/p+1. The van der Waals surface area contributed by atoms with Gasteiger partial charge in [0.1, 0.15) is 18.5 Å². The van der Waals surface area contributed by atoms with Crippen molar-refractivity contribution in [2.75, 3.05) is 33.4 Å². The maximum absolute atomic E-state index is 12.2. The van der Waals surface area contributed by atoms with Crippen LogP contribution in [0.15, 0.2) is 24.3 Å². The van der Waals surface area contributed by atoms with Crippen molar-refractivity contribution in [3.05, 3.63) is 29.8 Å². The summed E-state index contributed by atoms with van der Waals surface area (Å²) < 4.78 is 22.6. The van der Waals surface area contributed by atoms with Gasteiger partial charge in [0.15, 0.2) is 0 Å². The van der Waals surface area contributed by atoms with Gasteiger partial charge in [-0.1, -0.05) is 103 Å². The fourth-order valence-corrected chi connectivity index (χ4v) is 4.83. The molecule has 0 saturated heterocycles. The Morgan fingerprint density at radius 3 is 2.13 bits per heavy atom. The molecule has 1 rings (SSSR count). The number of benzene rings is 1. The molecule has 0 aliphatic rings. The zero-order chi connectivity index (χ0) is 27.7. The van der Waals surface area contributed by atoms with Crippen LogP contribution < -0.4 is 10.1 Å². The highest BCUT2D eigenvalue weighted by Gasteiger charge is 2.20. The van der Waals surface area contributed by atoms with E-state index in [0.29, 0.717) is 32.5 Å². The van der Waals surface area contributed by atoms with Crippen LogP contribution in [0.4, 0.5) is 0 Å². The summed E-state index contributed by atoms with van der Waals surface area (Å²) in [6.07, 6.45) is 16.8. The van der Waals surface area contributed by atoms with Crippen LogP contribution in [0.3, 0.4) is 0 Å². The van der Waals surface area contributed by atoms with E-state index in [-0.39, 0.29) is 12.6 Å². The molecule has 1 aromatic carbocycles. The van der Waals surface area contributed by atoms with Gasteiger partial charge >= 0.3 is 14.6 Å². The average Bonchev–Trinajstić information content (AvgIpc) is 2.91. The highest BCUT2D eigenvalue weighted by atomic mass is 31.2. The summed E-state index contributed by atoms with van der Waals surface area (Å²) in [4.78, 5) is 22.2. The molecule has 0 aliphatic heterocycles. The van der Waals surface area contributed by atoms with Crippen molar-refractivity contribution in [3.63, 3.8) is 0 Å². The molecule has 0 saturated carbocycles. The summed E-state index contributed by atoms with van der Waals surface area (Å²) in [5.74, 6) is 0.549. The second-order valence-electron chi connectivity index (χ2n) is 9.98. The first kappa shape index (κ1) is 34.8. The van der Waals surface area contributed by atoms with Crippen LogP contribution in [-0.4, -0.2) is 50.4 Å². The topological polar surface area (TPSA) is 90.8 Å². The lowest BCUT2D eigenvalue weighted by atomic mass is 10.1. The molecule has 0 spiro atoms. The number of para-hydroxylation sites is 1. The van der Waals surface area contributed by atoms with E-state index in [9.17, 15) is 9.69 Å². The molecule has 0 fully saturated rings. The Hall–Kier alpha value is -1.24. The van der Waals surface area contributed by atoms with Crippen molar-refractivity contribution in [2.45, 2.75) is 116 Å². The molecule has 0 heterocycles. The van der Waals surface area contributed by atoms with E-state index in [0.717, 1.165) is 24.3 Å². The van der Waals surface area contributed by atoms with Gasteiger partial charge in [-0.25, -0.2) is 0 Å². The number of ether oxygens (including phenoxy) is 2. The molecule has 38 heavy (non-hydrogen) atoms. The average molecular weight is 557 g/mol. The predicted molar refractivity (Wildman–Crippen MR) is 155 cm³/mol. The van der Waals surface area contributed by atoms with E-state index < -0.39 is 14.7 Å². The van der Waals surface area contributed by atoms with Crippen LogP contribution in [0, 0.1) is 0 Å². The van der Waals surface area contributed by atoms with Gasteiger partial charge in [-0.05, 0) is 24.5 Å². The van der Waals surface area contributed by atoms with Gasteiger partial charge in [0.05, 0.1) is 26.8 Å². The first-order chi connectivity index (χ1) is 18.6. The number of carbonyl (C=O) groups excluding carboxylic acids is 1. The predicted octanol–water partition coefficient (Wildman–Crippen LogP) is 6.47. The second kappa shape index (κ2) is 24.8. The van der Waals surface area contributed by atoms with Gasteiger partial charge in [0.2, 0.25) is 0 Å². The Labute approximate surface area is 233 Å². The van der Waals surface area contributed by atoms with E-state index in [1.165, 1.54) is 70.6 Å². The minimum atomic E-state index is -2.01. The van der Waals surface area contributed by atoms with Crippen molar-refractivity contribution in [3.8, 4) is 5.75 Å². The summed E-state index contributed by atoms with van der Waals surface area (Å²) in [6.45, 7) is 6.09. The lowest BCUT2D eigenvalue weighted by Crippen LogP contribution is -2.80. The smallest absolute Gasteiger partial charge is 0.330 e. The molecular formula is C30H55NO6P+. The number of nitrogens with two attached hydrogens (primary N) is 1. The number of esters is 1. The summed E-state index contributed by atoms with van der Waals surface area (Å²) in [7, 11) is -0.0716. The third-order valence-electron chi connectivity index (χ3n) is 6.41. The lowest BCUT2D eigenvalue weighted by Gasteiger charge is -2.21. The van der Waals surface area contributed by atoms with Gasteiger partial charge in [-0.3, -0.25) is 4.79 Å². The number of unbranched alkanes of at least 4 members (excludes halogenated alkanes) is 11. The van der Waals surface area contributed by atoms with Gasteiger partial charge < -0.3 is 28.7 Å². The number of likely N-dealkylation sites (N-methyl/N-ethyl adjacent to an activating group) is 1. The Morgan fingerprint density at radius 1 is 0.868 bits per heavy atom. The SMILES string of the molecule is CCCCCCCCCCCCCCOc1ccccc1CC(COP(O)OCC[NH2+]C)OC(=O)CCC. The highest BCUT2D eigenvalue weighted by molar-refractivity contribution is 7.40. The minimum absolute atomic E-state index is 0.0700. The molecule has 0 radical (unpaired) electrons. The third kappa shape index (κ3) is 18.9. The van der Waals surface area contributed by atoms with Crippen molar-refractivity contribution in [1.29, 1.82) is 0 Å². The van der Waals surface area contributed by atoms with E-state index in [4.69, 9.17) is 18.5 Å². The van der Waals surface area contributed by atoms with E-state index in [1.54, 1.807) is 0 Å². The van der Waals surface area contributed by atoms with E-state index in [2.05, 4.69) is 6.92 Å². The molecule has 1 aromatic rings. The summed E-state index contributed by atoms with van der Waals surface area (Å²) in [5, 5.41) is 1.97. The number of hydrogen-bond acceptors (Lipinski definition) is 6. The maximum atomic E-state index is 12.2. The molecular weight excluding hydrogens is 501 g/mol. The molecule has 0 aromatic heterocycles. The van der Waals surface area contributed by atoms with Gasteiger partial charge in [0.25, 0.3) is 0 Å². The second-order valence-corrected chi connectivity index (χ2v) is 11.0. The van der Waals surface area contributed by atoms with Gasteiger partial charge in [-0.15, -0.1) is 0 Å². The maximum Gasteiger partial charge on any atom is 0.330 e. The number of quaternary nitrogens is 1. The first-order valence-electron chi connectivity index (χ1n) is 15.0. The molecule has 8 heteroatoms. The Kier molecular flexibility index (Phi) is 22.7. The Bertz CT molecular complexity index is 692. The zero-order valence-corrected chi connectivity index (χ0v) is 25.2. The van der Waals surface area contributed by atoms with Crippen molar-refractivity contribution in [1.82, 2.24) is 0 Å². The number of hydrogen-bond donors (Lipinski definition) is 2. The van der Waals surface area contributed by atoms with Crippen molar-refractivity contribution >= 4 is 14.6 Å². The van der Waals surface area contributed by atoms with Crippen molar-refractivity contribution < 1.29 is 33.5 Å². The molecule has 0 amide bonds. The van der Waals surface area contributed by atoms with Gasteiger partial charge in [0, 0.05) is 12.8 Å². The van der Waals surface area contributed by atoms with Crippen LogP contribution in [0.5, 0.6) is 5.75 Å². The number of carbonyl (C=O) groups is 1. The minimum Gasteiger partial charge on any atom is -0.493 e. The molecule has 2 unspecified atom stereocenters. The number of rotatable bonds is 26. The van der Waals surface area contributed by atoms with Crippen LogP contribution >= 0.6 is 8.60 Å². The largest absolute Gasteiger partial charge is 0.493 e. The molecule has 2 atom stereocenters. The Morgan fingerprint density at radius 2 is 1.50 bits per heavy atom. The van der Waals surface area contributed by atoms with Crippen LogP contribution in [0.2, 0.25) is 0 Å². The van der Waals surface area contributed by atoms with Gasteiger partial charge in [-0.2, -0.15) is 0 Å². The quantitative estimate of drug-likeness (QED) is 0.0773. The molecule has 220 valence electrons. The first-order valence-corrected chi connectivity index (χ1v) is 16.2. The van der Waals surface area contributed by atoms with Crippen LogP contribution in [-0.2, 0) is 25.0 Å².